The molecule has 0 bridgehead atoms. The van der Waals surface area contributed by atoms with E-state index in [1.165, 1.54) is 0 Å². The summed E-state index contributed by atoms with van der Waals surface area (Å²) in [6.45, 7) is 2.35. The summed E-state index contributed by atoms with van der Waals surface area (Å²) in [5, 5.41) is 18.3. The maximum absolute atomic E-state index is 7.63. The Balaban J connectivity index is 1.74. The van der Waals surface area contributed by atoms with E-state index in [2.05, 4.69) is 15.3 Å². The van der Waals surface area contributed by atoms with Crippen LogP contribution in [-0.2, 0) is 0 Å². The van der Waals surface area contributed by atoms with Crippen LogP contribution in [0.15, 0.2) is 42.5 Å². The van der Waals surface area contributed by atoms with E-state index < -0.39 is 0 Å². The van der Waals surface area contributed by atoms with Crippen molar-refractivity contribution >= 4 is 33.7 Å². The number of nitrogen functional groups attached to an aromatic ring is 1. The summed E-state index contributed by atoms with van der Waals surface area (Å²) in [6.07, 6.45) is 0.718. The monoisotopic (exact) mass is 374 g/mol. The Kier molecular flexibility index (Phi) is 4.52. The number of H-pyrrole nitrogens is 2. The van der Waals surface area contributed by atoms with Gasteiger partial charge < -0.3 is 21.0 Å². The van der Waals surface area contributed by atoms with Gasteiger partial charge in [-0.25, -0.2) is 9.97 Å². The molecule has 0 aliphatic rings. The van der Waals surface area contributed by atoms with Crippen LogP contribution < -0.4 is 11.1 Å². The Morgan fingerprint density at radius 2 is 1.71 bits per heavy atom. The molecule has 1 unspecified atom stereocenters. The number of amidine groups is 2. The van der Waals surface area contributed by atoms with Crippen LogP contribution in [0.5, 0.6) is 0 Å². The highest BCUT2D eigenvalue weighted by atomic mass is 15.0. The second-order valence-corrected chi connectivity index (χ2v) is 6.80. The maximum atomic E-state index is 7.63. The zero-order valence-corrected chi connectivity index (χ0v) is 15.5. The van der Waals surface area contributed by atoms with Gasteiger partial charge in [0.25, 0.3) is 0 Å². The maximum Gasteiger partial charge on any atom is 0.122 e. The van der Waals surface area contributed by atoms with Crippen LogP contribution in [0.1, 0.15) is 36.5 Å². The lowest BCUT2D eigenvalue weighted by Gasteiger charge is -2.13. The number of nitrogens with zero attached hydrogens (tertiary/aromatic N) is 2. The number of fused-ring (bicyclic) bond motifs is 2. The van der Waals surface area contributed by atoms with Gasteiger partial charge in [0.1, 0.15) is 17.5 Å². The number of hydrogen-bond acceptors (Lipinski definition) is 4. The van der Waals surface area contributed by atoms with Gasteiger partial charge in [-0.2, -0.15) is 0 Å². The second-order valence-electron chi connectivity index (χ2n) is 6.80. The average Bonchev–Trinajstić information content (AvgIpc) is 3.27. The minimum absolute atomic E-state index is 0.0194. The molecular weight excluding hydrogens is 352 g/mol. The van der Waals surface area contributed by atoms with Crippen molar-refractivity contribution in [3.8, 4) is 0 Å². The summed E-state index contributed by atoms with van der Waals surface area (Å²) in [4.78, 5) is 16.3. The third kappa shape index (κ3) is 3.44. The normalized spacial score (nSPS) is 12.3. The fourth-order valence-corrected chi connectivity index (χ4v) is 3.30. The molecule has 142 valence electrons. The van der Waals surface area contributed by atoms with Crippen molar-refractivity contribution in [2.45, 2.75) is 19.3 Å². The molecule has 0 radical (unpaired) electrons. The molecule has 0 saturated carbocycles. The zero-order valence-electron chi connectivity index (χ0n) is 15.5. The smallest absolute Gasteiger partial charge is 0.122 e. The van der Waals surface area contributed by atoms with Crippen molar-refractivity contribution in [1.29, 1.82) is 10.8 Å². The number of nitrogens with two attached hydrogens (primary N) is 1. The lowest BCUT2D eigenvalue weighted by atomic mass is 10.0. The molecule has 7 N–H and O–H groups in total. The molecule has 8 nitrogen and oxygen atoms in total. The van der Waals surface area contributed by atoms with E-state index >= 15 is 0 Å². The molecule has 2 heterocycles. The van der Waals surface area contributed by atoms with Crippen LogP contribution in [0.2, 0.25) is 0 Å². The highest BCUT2D eigenvalue weighted by molar-refractivity contribution is 5.97. The Labute approximate surface area is 161 Å². The van der Waals surface area contributed by atoms with Crippen LogP contribution in [0, 0.1) is 10.8 Å². The Morgan fingerprint density at radius 1 is 1.04 bits per heavy atom. The highest BCUT2D eigenvalue weighted by Gasteiger charge is 2.22. The predicted octanol–water partition coefficient (Wildman–Crippen LogP) is 2.83. The van der Waals surface area contributed by atoms with E-state index in [4.69, 9.17) is 26.5 Å². The molecule has 4 rings (SSSR count). The number of imidazole rings is 2. The fourth-order valence-electron chi connectivity index (χ4n) is 3.30. The molecule has 0 spiro atoms. The number of aromatic amines is 2. The van der Waals surface area contributed by atoms with Crippen LogP contribution in [0.25, 0.3) is 22.1 Å². The largest absolute Gasteiger partial charge is 0.384 e. The average molecular weight is 374 g/mol. The van der Waals surface area contributed by atoms with Crippen LogP contribution >= 0.6 is 0 Å². The van der Waals surface area contributed by atoms with Crippen molar-refractivity contribution in [1.82, 2.24) is 25.3 Å². The molecule has 0 aliphatic heterocycles. The predicted molar refractivity (Wildman–Crippen MR) is 111 cm³/mol. The van der Waals surface area contributed by atoms with E-state index in [1.807, 2.05) is 42.5 Å². The fraction of sp³-hybridized carbons (Fsp3) is 0.200. The minimum atomic E-state index is -0.0903. The third-order valence-electron chi connectivity index (χ3n) is 4.70. The Hall–Kier alpha value is -3.68. The Bertz CT molecular complexity index is 1140. The molecular formula is C20H22N8. The molecule has 2 aromatic heterocycles. The summed E-state index contributed by atoms with van der Waals surface area (Å²) >= 11 is 0. The molecule has 28 heavy (non-hydrogen) atoms. The lowest BCUT2D eigenvalue weighted by Crippen LogP contribution is -2.23. The first-order valence-electron chi connectivity index (χ1n) is 9.09. The van der Waals surface area contributed by atoms with Crippen LogP contribution in [-0.4, -0.2) is 38.2 Å². The van der Waals surface area contributed by atoms with Gasteiger partial charge in [0.15, 0.2) is 0 Å². The summed E-state index contributed by atoms with van der Waals surface area (Å²) in [5.74, 6) is 1.98. The van der Waals surface area contributed by atoms with Crippen molar-refractivity contribution in [2.75, 3.05) is 6.54 Å². The number of nitrogens with one attached hydrogen (secondary N) is 5. The minimum Gasteiger partial charge on any atom is -0.384 e. The number of aromatic nitrogens is 4. The number of rotatable bonds is 6. The molecule has 8 heteroatoms. The quantitative estimate of drug-likeness (QED) is 0.228. The molecule has 0 saturated heterocycles. The van der Waals surface area contributed by atoms with Gasteiger partial charge in [0.2, 0.25) is 0 Å². The summed E-state index contributed by atoms with van der Waals surface area (Å²) in [7, 11) is 0. The third-order valence-corrected chi connectivity index (χ3v) is 4.70. The number of hydrogen-bond donors (Lipinski definition) is 6. The van der Waals surface area contributed by atoms with Gasteiger partial charge in [-0.1, -0.05) is 12.1 Å². The summed E-state index contributed by atoms with van der Waals surface area (Å²) in [5.41, 5.74) is 9.79. The van der Waals surface area contributed by atoms with E-state index in [0.29, 0.717) is 17.9 Å². The first-order chi connectivity index (χ1) is 13.5. The second kappa shape index (κ2) is 7.15. The Morgan fingerprint density at radius 3 is 2.39 bits per heavy atom. The van der Waals surface area contributed by atoms with Crippen LogP contribution in [0.3, 0.4) is 0 Å². The van der Waals surface area contributed by atoms with E-state index in [-0.39, 0.29) is 11.8 Å². The van der Waals surface area contributed by atoms with Gasteiger partial charge in [-0.15, -0.1) is 0 Å². The molecule has 1 atom stereocenters. The first kappa shape index (κ1) is 17.7. The standard InChI is InChI=1S/C20H22N8/c1-11(21)24-9-8-13(19-25-14-4-2-3-5-15(14)26-19)20-27-16-7-6-12(18(22)23)10-17(16)28-20/h2-7,10,13H,8-9H2,1H3,(H2,21,24)(H3,22,23)(H,25,26)(H,27,28). The number of para-hydroxylation sites is 2. The molecule has 0 aliphatic carbocycles. The number of benzene rings is 2. The molecule has 2 aromatic carbocycles. The summed E-state index contributed by atoms with van der Waals surface area (Å²) in [6, 6.07) is 13.4. The van der Waals surface area contributed by atoms with Gasteiger partial charge in [-0.3, -0.25) is 10.8 Å². The van der Waals surface area contributed by atoms with Crippen molar-refractivity contribution in [3.05, 3.63) is 59.7 Å². The molecule has 0 amide bonds. The van der Waals surface area contributed by atoms with E-state index in [9.17, 15) is 0 Å². The summed E-state index contributed by atoms with van der Waals surface area (Å²) < 4.78 is 0. The van der Waals surface area contributed by atoms with Crippen LogP contribution in [0.4, 0.5) is 0 Å². The van der Waals surface area contributed by atoms with Crippen molar-refractivity contribution in [2.24, 2.45) is 5.73 Å². The van der Waals surface area contributed by atoms with Gasteiger partial charge >= 0.3 is 0 Å². The topological polar surface area (TPSA) is 143 Å². The van der Waals surface area contributed by atoms with E-state index in [1.54, 1.807) is 6.92 Å². The molecule has 0 fully saturated rings. The van der Waals surface area contributed by atoms with Gasteiger partial charge in [-0.05, 0) is 43.7 Å². The zero-order chi connectivity index (χ0) is 19.7. The van der Waals surface area contributed by atoms with Gasteiger partial charge in [0.05, 0.1) is 33.8 Å². The SMILES string of the molecule is CC(=N)NCCC(c1nc2ccccc2[nH]1)c1nc2cc(C(=N)N)ccc2[nH]1. The van der Waals surface area contributed by atoms with Crippen molar-refractivity contribution in [3.63, 3.8) is 0 Å². The molecule has 4 aromatic rings. The van der Waals surface area contributed by atoms with Crippen molar-refractivity contribution < 1.29 is 0 Å². The first-order valence-corrected chi connectivity index (χ1v) is 9.09. The highest BCUT2D eigenvalue weighted by Crippen LogP contribution is 2.27. The lowest BCUT2D eigenvalue weighted by molar-refractivity contribution is 0.638. The van der Waals surface area contributed by atoms with E-state index in [0.717, 1.165) is 40.1 Å². The van der Waals surface area contributed by atoms with Gasteiger partial charge in [0, 0.05) is 12.1 Å².